The number of hydrogen-bond donors (Lipinski definition) is 2. The third kappa shape index (κ3) is 4.04. The molecule has 204 valence electrons. The lowest BCUT2D eigenvalue weighted by Crippen LogP contribution is -2.51. The molecule has 0 bridgehead atoms. The Morgan fingerprint density at radius 3 is 2.82 bits per heavy atom. The normalized spacial score (nSPS) is 33.6. The van der Waals surface area contributed by atoms with Gasteiger partial charge in [0, 0.05) is 22.9 Å². The highest BCUT2D eigenvalue weighted by Crippen LogP contribution is 2.93. The van der Waals surface area contributed by atoms with Crippen LogP contribution in [0.15, 0.2) is 29.2 Å². The van der Waals surface area contributed by atoms with E-state index in [1.807, 2.05) is 12.3 Å². The number of carbonyl (C=O) groups excluding carboxylic acids is 2. The van der Waals surface area contributed by atoms with Crippen molar-refractivity contribution in [1.29, 1.82) is 5.26 Å². The van der Waals surface area contributed by atoms with Crippen LogP contribution in [0.25, 0.3) is 6.08 Å². The van der Waals surface area contributed by atoms with Crippen LogP contribution in [0.4, 0.5) is 0 Å². The van der Waals surface area contributed by atoms with Crippen LogP contribution >= 0.6 is 11.8 Å². The Morgan fingerprint density at radius 1 is 1.34 bits per heavy atom. The van der Waals surface area contributed by atoms with Crippen molar-refractivity contribution < 1.29 is 24.3 Å². The largest absolute Gasteiger partial charge is 0.507 e. The third-order valence-corrected chi connectivity index (χ3v) is 10.9. The van der Waals surface area contributed by atoms with Gasteiger partial charge in [-0.25, -0.2) is 0 Å². The van der Waals surface area contributed by atoms with Gasteiger partial charge in [0.2, 0.25) is 5.91 Å². The molecule has 0 aromatic heterocycles. The van der Waals surface area contributed by atoms with E-state index < -0.39 is 18.2 Å². The number of phenols is 1. The van der Waals surface area contributed by atoms with Crippen LogP contribution in [0.1, 0.15) is 64.9 Å². The summed E-state index contributed by atoms with van der Waals surface area (Å²) in [6, 6.07) is 6.58. The molecule has 2 N–H and O–H groups in total. The molecule has 4 fully saturated rings. The number of hydroxylamine groups is 2. The summed E-state index contributed by atoms with van der Waals surface area (Å²) in [6.45, 7) is 7.51. The van der Waals surface area contributed by atoms with Crippen LogP contribution in [-0.4, -0.2) is 53.2 Å². The highest BCUT2D eigenvalue weighted by atomic mass is 32.2. The molecule has 1 saturated heterocycles. The lowest BCUT2D eigenvalue weighted by atomic mass is 9.64. The molecular weight excluding hydrogens is 502 g/mol. The van der Waals surface area contributed by atoms with Crippen LogP contribution in [0.3, 0.4) is 0 Å². The van der Waals surface area contributed by atoms with E-state index in [0.29, 0.717) is 23.8 Å². The molecule has 5 rings (SSSR count). The smallest absolute Gasteiger partial charge is 0.326 e. The summed E-state index contributed by atoms with van der Waals surface area (Å²) in [5.74, 6) is 0.151. The summed E-state index contributed by atoms with van der Waals surface area (Å²) in [4.78, 5) is 32.6. The summed E-state index contributed by atoms with van der Waals surface area (Å²) < 4.78 is 6.15. The summed E-state index contributed by atoms with van der Waals surface area (Å²) in [5, 5.41) is 23.4. The fraction of sp³-hybridized carbons (Fsp3) is 0.621. The number of carbonyl (C=O) groups is 2. The van der Waals surface area contributed by atoms with Crippen molar-refractivity contribution in [3.63, 3.8) is 0 Å². The number of ether oxygens (including phenoxy) is 1. The Hall–Kier alpha value is -2.54. The first kappa shape index (κ1) is 27.0. The van der Waals surface area contributed by atoms with Crippen molar-refractivity contribution in [3.05, 3.63) is 29.8 Å². The maximum atomic E-state index is 13.3. The van der Waals surface area contributed by atoms with E-state index in [-0.39, 0.29) is 40.5 Å². The van der Waals surface area contributed by atoms with Crippen molar-refractivity contribution in [3.8, 4) is 11.8 Å². The number of nitriles is 1. The molecule has 6 unspecified atom stereocenters. The van der Waals surface area contributed by atoms with Crippen molar-refractivity contribution >= 4 is 29.7 Å². The zero-order valence-corrected chi connectivity index (χ0v) is 23.3. The van der Waals surface area contributed by atoms with E-state index >= 15 is 0 Å². The van der Waals surface area contributed by atoms with Gasteiger partial charge in [-0.1, -0.05) is 26.8 Å². The molecule has 0 radical (unpaired) electrons. The van der Waals surface area contributed by atoms with Crippen LogP contribution in [0.5, 0.6) is 5.75 Å². The zero-order chi connectivity index (χ0) is 27.3. The molecular formula is C29H37N3O5S. The van der Waals surface area contributed by atoms with E-state index in [1.54, 1.807) is 29.3 Å². The zero-order valence-electron chi connectivity index (χ0n) is 22.5. The second kappa shape index (κ2) is 9.89. The average Bonchev–Trinajstić information content (AvgIpc) is 3.19. The van der Waals surface area contributed by atoms with E-state index in [2.05, 4.69) is 26.1 Å². The minimum atomic E-state index is -0.890. The Balaban J connectivity index is 1.18. The molecule has 38 heavy (non-hydrogen) atoms. The quantitative estimate of drug-likeness (QED) is 0.202. The molecule has 9 heteroatoms. The Bertz CT molecular complexity index is 1200. The van der Waals surface area contributed by atoms with E-state index in [9.17, 15) is 20.0 Å². The van der Waals surface area contributed by atoms with Crippen LogP contribution < -0.4 is 5.32 Å². The van der Waals surface area contributed by atoms with E-state index in [1.165, 1.54) is 30.7 Å². The van der Waals surface area contributed by atoms with Crippen molar-refractivity contribution in [2.75, 3.05) is 12.8 Å². The van der Waals surface area contributed by atoms with Gasteiger partial charge in [0.15, 0.2) is 6.23 Å². The maximum Gasteiger partial charge on any atom is 0.326 e. The first-order chi connectivity index (χ1) is 18.1. The summed E-state index contributed by atoms with van der Waals surface area (Å²) >= 11 is 1.41. The first-order valence-electron chi connectivity index (χ1n) is 13.5. The number of nitrogens with zero attached hydrogens (tertiary/aromatic N) is 2. The van der Waals surface area contributed by atoms with Crippen molar-refractivity contribution in [2.45, 2.75) is 82.6 Å². The van der Waals surface area contributed by atoms with Gasteiger partial charge in [0.25, 0.3) is 0 Å². The molecule has 1 aliphatic heterocycles. The van der Waals surface area contributed by atoms with Crippen LogP contribution in [-0.2, 0) is 19.2 Å². The van der Waals surface area contributed by atoms with Gasteiger partial charge in [-0.2, -0.15) is 10.3 Å². The SMILES string of the molecule is CSc1cc(/C=C/C(=O)NC(CC#N)ON2CCCC2C(=O)OC2CC3CCC4(C)C(C)(C)C324)ccc1O. The summed E-state index contributed by atoms with van der Waals surface area (Å²) in [6.07, 6.45) is 8.62. The van der Waals surface area contributed by atoms with Gasteiger partial charge >= 0.3 is 5.97 Å². The van der Waals surface area contributed by atoms with E-state index in [4.69, 9.17) is 9.57 Å². The molecule has 1 spiro atoms. The fourth-order valence-corrected chi connectivity index (χ4v) is 8.58. The number of nitrogens with one attached hydrogen (secondary N) is 1. The second-order valence-corrected chi connectivity index (χ2v) is 12.6. The second-order valence-electron chi connectivity index (χ2n) is 11.8. The molecule has 6 atom stereocenters. The summed E-state index contributed by atoms with van der Waals surface area (Å²) in [7, 11) is 0. The van der Waals surface area contributed by atoms with Gasteiger partial charge in [0.05, 0.1) is 12.5 Å². The highest BCUT2D eigenvalue weighted by molar-refractivity contribution is 7.98. The lowest BCUT2D eigenvalue weighted by molar-refractivity contribution is -0.226. The third-order valence-electron chi connectivity index (χ3n) is 10.1. The van der Waals surface area contributed by atoms with E-state index in [0.717, 1.165) is 18.4 Å². The topological polar surface area (TPSA) is 112 Å². The van der Waals surface area contributed by atoms with Crippen LogP contribution in [0, 0.1) is 33.5 Å². The minimum Gasteiger partial charge on any atom is -0.507 e. The predicted molar refractivity (Wildman–Crippen MR) is 143 cm³/mol. The molecule has 3 aliphatic carbocycles. The molecule has 4 aliphatic rings. The lowest BCUT2D eigenvalue weighted by Gasteiger charge is -2.46. The fourth-order valence-electron chi connectivity index (χ4n) is 8.04. The first-order valence-corrected chi connectivity index (χ1v) is 14.7. The molecule has 8 nitrogen and oxygen atoms in total. The minimum absolute atomic E-state index is 0.0452. The van der Waals surface area contributed by atoms with Gasteiger partial charge < -0.3 is 15.2 Å². The van der Waals surface area contributed by atoms with Gasteiger partial charge in [0.1, 0.15) is 17.9 Å². The standard InChI is InChI=1S/C29H37N3O5S/c1-27(2)28(3)13-11-19-17-23(29(19,27)28)36-26(35)20-6-5-15-32(20)37-25(12-14-30)31-24(34)10-8-18-7-9-21(33)22(16-18)38-4/h7-10,16,19-20,23,25,33H,5-6,11-13,15,17H2,1-4H3,(H,31,34)/b10-8+. The monoisotopic (exact) mass is 539 g/mol. The number of amides is 1. The van der Waals surface area contributed by atoms with Crippen LogP contribution in [0.2, 0.25) is 0 Å². The molecule has 1 aromatic rings. The average molecular weight is 540 g/mol. The number of phenolic OH excluding ortho intramolecular Hbond substituents is 1. The number of aromatic hydroxyl groups is 1. The Morgan fingerprint density at radius 2 is 2.13 bits per heavy atom. The number of rotatable bonds is 9. The van der Waals surface area contributed by atoms with Gasteiger partial charge in [-0.05, 0) is 78.9 Å². The molecule has 1 heterocycles. The highest BCUT2D eigenvalue weighted by Gasteiger charge is 2.91. The van der Waals surface area contributed by atoms with Gasteiger partial charge in [-0.3, -0.25) is 14.4 Å². The van der Waals surface area contributed by atoms with Crippen molar-refractivity contribution in [2.24, 2.45) is 22.2 Å². The number of esters is 1. The molecule has 1 aromatic carbocycles. The summed E-state index contributed by atoms with van der Waals surface area (Å²) in [5.41, 5.74) is 1.30. The van der Waals surface area contributed by atoms with Gasteiger partial charge in [-0.15, -0.1) is 11.8 Å². The molecule has 1 amide bonds. The number of benzene rings is 1. The molecule has 3 saturated carbocycles. The number of hydrogen-bond acceptors (Lipinski definition) is 8. The predicted octanol–water partition coefficient (Wildman–Crippen LogP) is 4.64. The number of thioether (sulfide) groups is 1. The Kier molecular flexibility index (Phi) is 7.04. The maximum absolute atomic E-state index is 13.3. The van der Waals surface area contributed by atoms with Crippen molar-refractivity contribution in [1.82, 2.24) is 10.4 Å². The Labute approximate surface area is 228 Å².